The number of nitrogens with one attached hydrogen (secondary N) is 1. The third-order valence-electron chi connectivity index (χ3n) is 11.0. The topological polar surface area (TPSA) is 55.4 Å². The number of fused-ring (bicyclic) bond motifs is 3. The Balaban J connectivity index is 1.49. The number of para-hydroxylation sites is 1. The predicted octanol–water partition coefficient (Wildman–Crippen LogP) is 8.46. The zero-order valence-electron chi connectivity index (χ0n) is 27.1. The first-order valence-electron chi connectivity index (χ1n) is 17.2. The lowest BCUT2D eigenvalue weighted by Gasteiger charge is -2.58. The summed E-state index contributed by atoms with van der Waals surface area (Å²) in [6.07, 6.45) is 22.5. The first-order chi connectivity index (χ1) is 22.0. The van der Waals surface area contributed by atoms with E-state index in [1.165, 1.54) is 29.2 Å². The molecule has 3 aliphatic rings. The summed E-state index contributed by atoms with van der Waals surface area (Å²) in [6, 6.07) is 10.9. The Kier molecular flexibility index (Phi) is 9.60. The van der Waals surface area contributed by atoms with Crippen LogP contribution in [0.1, 0.15) is 69.9 Å². The van der Waals surface area contributed by atoms with E-state index >= 15 is 0 Å². The minimum atomic E-state index is -1.02. The molecule has 5 nitrogen and oxygen atoms in total. The third-order valence-corrected chi connectivity index (χ3v) is 11.0. The van der Waals surface area contributed by atoms with Crippen molar-refractivity contribution in [1.82, 2.24) is 19.8 Å². The number of allylic oxidation sites excluding steroid dienone is 4. The lowest BCUT2D eigenvalue weighted by Crippen LogP contribution is -2.65. The highest BCUT2D eigenvalue weighted by atomic mass is 16.3. The molecule has 5 atom stereocenters. The summed E-state index contributed by atoms with van der Waals surface area (Å²) in [5.41, 5.74) is 3.29. The molecule has 0 radical (unpaired) electrons. The molecule has 0 amide bonds. The quantitative estimate of drug-likeness (QED) is 0.135. The van der Waals surface area contributed by atoms with Gasteiger partial charge in [0.05, 0.1) is 22.9 Å². The maximum Gasteiger partial charge on any atom is 0.0998 e. The number of piperidine rings is 1. The lowest BCUT2D eigenvalue weighted by molar-refractivity contribution is -0.0894. The molecule has 2 aliphatic heterocycles. The summed E-state index contributed by atoms with van der Waals surface area (Å²) in [6.45, 7) is 20.4. The Morgan fingerprint density at radius 2 is 1.69 bits per heavy atom. The van der Waals surface area contributed by atoms with Crippen LogP contribution in [0.3, 0.4) is 0 Å². The molecule has 6 rings (SSSR count). The number of likely N-dealkylation sites (tertiary alicyclic amines) is 2. The minimum absolute atomic E-state index is 0.00308. The summed E-state index contributed by atoms with van der Waals surface area (Å²) >= 11 is 0. The molecule has 0 saturated carbocycles. The number of benzene rings is 1. The largest absolute Gasteiger partial charge is 0.384 e. The van der Waals surface area contributed by atoms with Crippen molar-refractivity contribution in [3.05, 3.63) is 98.9 Å². The second-order valence-corrected chi connectivity index (χ2v) is 13.7. The van der Waals surface area contributed by atoms with Crippen molar-refractivity contribution in [2.75, 3.05) is 26.2 Å². The summed E-state index contributed by atoms with van der Waals surface area (Å²) < 4.78 is 0. The van der Waals surface area contributed by atoms with Crippen molar-refractivity contribution in [2.24, 2.45) is 11.3 Å². The number of unbranched alkanes of at least 4 members (excludes halogenated alkanes) is 4. The van der Waals surface area contributed by atoms with Crippen molar-refractivity contribution < 1.29 is 5.11 Å². The van der Waals surface area contributed by atoms with Crippen LogP contribution in [0.15, 0.2) is 93.2 Å². The monoisotopic (exact) mass is 604 g/mol. The van der Waals surface area contributed by atoms with E-state index in [4.69, 9.17) is 4.98 Å². The molecule has 3 aromatic rings. The van der Waals surface area contributed by atoms with Gasteiger partial charge in [-0.15, -0.1) is 26.3 Å². The number of aromatic nitrogens is 2. The van der Waals surface area contributed by atoms with Gasteiger partial charge in [-0.05, 0) is 114 Å². The maximum absolute atomic E-state index is 13.1. The number of aliphatic hydroxyl groups is 1. The SMILES string of the molecule is C=CCCCCN1CC[C@H]2C(c3nccc4c3[nH]c3ccccc34)=C[C@@](O)(CCC=C)[C@@H]3N(CCCCC=C)[C@@H](C=C)C[C@@]32C1. The first kappa shape index (κ1) is 31.7. The predicted molar refractivity (Wildman–Crippen MR) is 190 cm³/mol. The standard InChI is InChI=1S/C40H52N4O/c1-5-9-12-16-24-43-26-21-34-33(36-37-32(20-23-41-36)31-18-14-15-19-35(31)42-37)28-40(45,22-11-7-3)38-39(34,29-43)27-30(8-4)44(38)25-17-13-10-6-2/h5-8,14-15,18-20,23,28,30,34,38,42,45H,1-4,9-13,16-17,21-22,24-27,29H2/t30-,34-,38+,39-,40-/m0/s1. The molecule has 2 saturated heterocycles. The number of hydrogen-bond acceptors (Lipinski definition) is 4. The van der Waals surface area contributed by atoms with E-state index in [9.17, 15) is 5.11 Å². The molecular weight excluding hydrogens is 552 g/mol. The Morgan fingerprint density at radius 3 is 2.44 bits per heavy atom. The van der Waals surface area contributed by atoms with Crippen LogP contribution in [-0.2, 0) is 0 Å². The van der Waals surface area contributed by atoms with Gasteiger partial charge in [0.25, 0.3) is 0 Å². The zero-order valence-corrected chi connectivity index (χ0v) is 27.1. The number of pyridine rings is 1. The van der Waals surface area contributed by atoms with Gasteiger partial charge in [0.15, 0.2) is 0 Å². The highest BCUT2D eigenvalue weighted by Crippen LogP contribution is 2.61. The average Bonchev–Trinajstić information content (AvgIpc) is 3.60. The molecule has 1 spiro atoms. The molecule has 4 heterocycles. The molecule has 2 fully saturated rings. The van der Waals surface area contributed by atoms with E-state index in [1.54, 1.807) is 0 Å². The molecule has 2 N–H and O–H groups in total. The van der Waals surface area contributed by atoms with Gasteiger partial charge in [-0.1, -0.05) is 42.5 Å². The molecular formula is C40H52N4O. The van der Waals surface area contributed by atoms with Crippen LogP contribution in [0.25, 0.3) is 27.4 Å². The highest BCUT2D eigenvalue weighted by Gasteiger charge is 2.65. The van der Waals surface area contributed by atoms with Crippen molar-refractivity contribution >= 4 is 27.4 Å². The fourth-order valence-corrected chi connectivity index (χ4v) is 9.21. The number of nitrogens with zero attached hydrogens (tertiary/aromatic N) is 3. The molecule has 1 aliphatic carbocycles. The van der Waals surface area contributed by atoms with Gasteiger partial charge in [-0.25, -0.2) is 0 Å². The molecule has 5 heteroatoms. The maximum atomic E-state index is 13.1. The number of rotatable bonds is 15. The van der Waals surface area contributed by atoms with Crippen molar-refractivity contribution in [3.8, 4) is 0 Å². The van der Waals surface area contributed by atoms with Crippen LogP contribution in [0.4, 0.5) is 0 Å². The molecule has 0 unspecified atom stereocenters. The fourth-order valence-electron chi connectivity index (χ4n) is 9.21. The number of aromatic amines is 1. The Labute approximate surface area is 270 Å². The minimum Gasteiger partial charge on any atom is -0.384 e. The Hall–Kier alpha value is -3.25. The fraction of sp³-hybridized carbons (Fsp3) is 0.475. The highest BCUT2D eigenvalue weighted by molar-refractivity contribution is 6.09. The van der Waals surface area contributed by atoms with Gasteiger partial charge < -0.3 is 15.0 Å². The number of H-pyrrole nitrogens is 1. The van der Waals surface area contributed by atoms with Gasteiger partial charge >= 0.3 is 0 Å². The average molecular weight is 605 g/mol. The van der Waals surface area contributed by atoms with E-state index in [-0.39, 0.29) is 17.5 Å². The molecule has 45 heavy (non-hydrogen) atoms. The van der Waals surface area contributed by atoms with Crippen molar-refractivity contribution in [3.63, 3.8) is 0 Å². The third kappa shape index (κ3) is 5.80. The Bertz CT molecular complexity index is 1570. The van der Waals surface area contributed by atoms with Crippen LogP contribution < -0.4 is 0 Å². The first-order valence-corrected chi connectivity index (χ1v) is 17.2. The van der Waals surface area contributed by atoms with Crippen LogP contribution in [-0.4, -0.2) is 68.7 Å². The second-order valence-electron chi connectivity index (χ2n) is 13.7. The summed E-state index contributed by atoms with van der Waals surface area (Å²) in [5.74, 6) is 0.293. The van der Waals surface area contributed by atoms with Crippen LogP contribution in [0.2, 0.25) is 0 Å². The van der Waals surface area contributed by atoms with Crippen molar-refractivity contribution in [2.45, 2.75) is 81.9 Å². The lowest BCUT2D eigenvalue weighted by atomic mass is 9.54. The summed E-state index contributed by atoms with van der Waals surface area (Å²) in [7, 11) is 0. The normalized spacial score (nSPS) is 28.5. The van der Waals surface area contributed by atoms with E-state index in [1.807, 2.05) is 24.4 Å². The van der Waals surface area contributed by atoms with Crippen LogP contribution >= 0.6 is 0 Å². The molecule has 238 valence electrons. The molecule has 1 aromatic carbocycles. The van der Waals surface area contributed by atoms with E-state index < -0.39 is 5.60 Å². The van der Waals surface area contributed by atoms with Gasteiger partial charge in [-0.2, -0.15) is 0 Å². The van der Waals surface area contributed by atoms with Crippen LogP contribution in [0.5, 0.6) is 0 Å². The van der Waals surface area contributed by atoms with E-state index in [0.29, 0.717) is 12.3 Å². The summed E-state index contributed by atoms with van der Waals surface area (Å²) in [4.78, 5) is 14.2. The van der Waals surface area contributed by atoms with Gasteiger partial charge in [0.2, 0.25) is 0 Å². The smallest absolute Gasteiger partial charge is 0.0998 e. The van der Waals surface area contributed by atoms with Gasteiger partial charge in [0.1, 0.15) is 0 Å². The summed E-state index contributed by atoms with van der Waals surface area (Å²) in [5, 5.41) is 15.5. The van der Waals surface area contributed by atoms with Crippen LogP contribution in [0, 0.1) is 11.3 Å². The van der Waals surface area contributed by atoms with Gasteiger partial charge in [-0.3, -0.25) is 9.88 Å². The molecule has 2 aromatic heterocycles. The molecule has 0 bridgehead atoms. The zero-order chi connectivity index (χ0) is 31.4. The Morgan fingerprint density at radius 1 is 0.933 bits per heavy atom. The number of hydrogen-bond donors (Lipinski definition) is 2. The van der Waals surface area contributed by atoms with E-state index in [0.717, 1.165) is 87.9 Å². The van der Waals surface area contributed by atoms with Crippen molar-refractivity contribution in [1.29, 1.82) is 0 Å². The second kappa shape index (κ2) is 13.6. The van der Waals surface area contributed by atoms with Gasteiger partial charge in [0, 0.05) is 40.5 Å². The van der Waals surface area contributed by atoms with E-state index in [2.05, 4.69) is 83.6 Å².